The van der Waals surface area contributed by atoms with Crippen LogP contribution in [0.25, 0.3) is 0 Å². The largest absolute Gasteiger partial charge is 0.516 e. The van der Waals surface area contributed by atoms with E-state index in [0.717, 1.165) is 18.2 Å². The molecule has 3 aromatic carbocycles. The number of hydrogen-bond donors (Lipinski definition) is 1. The Bertz CT molecular complexity index is 1280. The Kier molecular flexibility index (Phi) is 7.23. The minimum absolute atomic E-state index is 0.0309. The molecular formula is C21H14ClF5N2O3S. The van der Waals surface area contributed by atoms with E-state index in [1.54, 1.807) is 30.3 Å². The van der Waals surface area contributed by atoms with Gasteiger partial charge in [-0.15, -0.1) is 0 Å². The fourth-order valence-electron chi connectivity index (χ4n) is 2.66. The van der Waals surface area contributed by atoms with Crippen LogP contribution in [-0.2, 0) is 21.5 Å². The van der Waals surface area contributed by atoms with Crippen molar-refractivity contribution in [2.24, 2.45) is 5.16 Å². The van der Waals surface area contributed by atoms with E-state index in [9.17, 15) is 30.4 Å². The summed E-state index contributed by atoms with van der Waals surface area (Å²) in [6, 6.07) is 14.2. The maximum absolute atomic E-state index is 13.9. The zero-order chi connectivity index (χ0) is 24.2. The standard InChI is InChI=1S/C21H14ClF5N2O3S/c22-15-7-9-19(29-33(30,31)21(25,26)27)17(10-15)20(13-4-2-1-3-5-13)28-32-12-14-6-8-16(23)11-18(14)24/h1-11,29H,12H2/b28-20+. The minimum Gasteiger partial charge on any atom is -0.390 e. The molecule has 5 nitrogen and oxygen atoms in total. The third kappa shape index (κ3) is 5.99. The summed E-state index contributed by atoms with van der Waals surface area (Å²) in [6.45, 7) is -0.438. The van der Waals surface area contributed by atoms with E-state index < -0.39 is 39.5 Å². The van der Waals surface area contributed by atoms with E-state index in [2.05, 4.69) is 5.16 Å². The van der Waals surface area contributed by atoms with Crippen LogP contribution < -0.4 is 4.72 Å². The van der Waals surface area contributed by atoms with Crippen molar-refractivity contribution >= 4 is 33.0 Å². The summed E-state index contributed by atoms with van der Waals surface area (Å²) in [5.74, 6) is -1.67. The van der Waals surface area contributed by atoms with Gasteiger partial charge in [-0.1, -0.05) is 47.1 Å². The molecule has 0 atom stereocenters. The lowest BCUT2D eigenvalue weighted by atomic mass is 10.0. The molecule has 0 spiro atoms. The Morgan fingerprint density at radius 2 is 1.70 bits per heavy atom. The molecule has 0 bridgehead atoms. The highest BCUT2D eigenvalue weighted by atomic mass is 35.5. The average Bonchev–Trinajstić information content (AvgIpc) is 2.74. The van der Waals surface area contributed by atoms with Crippen LogP contribution in [0.15, 0.2) is 71.9 Å². The van der Waals surface area contributed by atoms with Gasteiger partial charge < -0.3 is 4.84 Å². The van der Waals surface area contributed by atoms with Gasteiger partial charge in [0, 0.05) is 27.8 Å². The molecule has 12 heteroatoms. The number of benzene rings is 3. The van der Waals surface area contributed by atoms with Crippen LogP contribution in [0.4, 0.5) is 27.6 Å². The molecule has 0 aliphatic heterocycles. The highest BCUT2D eigenvalue weighted by Gasteiger charge is 2.46. The number of hydrogen-bond acceptors (Lipinski definition) is 4. The van der Waals surface area contributed by atoms with Crippen LogP contribution in [0.3, 0.4) is 0 Å². The van der Waals surface area contributed by atoms with Gasteiger partial charge in [0.15, 0.2) is 0 Å². The molecule has 174 valence electrons. The zero-order valence-electron chi connectivity index (χ0n) is 16.4. The second kappa shape index (κ2) is 9.75. The molecule has 0 radical (unpaired) electrons. The summed E-state index contributed by atoms with van der Waals surface area (Å²) in [5, 5.41) is 3.98. The first-order valence-corrected chi connectivity index (χ1v) is 10.9. The van der Waals surface area contributed by atoms with E-state index in [-0.39, 0.29) is 21.9 Å². The molecule has 3 aromatic rings. The van der Waals surface area contributed by atoms with Crippen molar-refractivity contribution in [3.63, 3.8) is 0 Å². The van der Waals surface area contributed by atoms with Crippen LogP contribution >= 0.6 is 11.6 Å². The van der Waals surface area contributed by atoms with Gasteiger partial charge in [0.1, 0.15) is 24.0 Å². The first kappa shape index (κ1) is 24.5. The Morgan fingerprint density at radius 1 is 1.00 bits per heavy atom. The third-order valence-electron chi connectivity index (χ3n) is 4.22. The fourth-order valence-corrected chi connectivity index (χ4v) is 3.42. The van der Waals surface area contributed by atoms with Gasteiger partial charge in [-0.2, -0.15) is 21.6 Å². The van der Waals surface area contributed by atoms with E-state index in [0.29, 0.717) is 11.6 Å². The quantitative estimate of drug-likeness (QED) is 0.249. The van der Waals surface area contributed by atoms with Gasteiger partial charge in [0.25, 0.3) is 0 Å². The molecule has 0 aliphatic carbocycles. The Balaban J connectivity index is 2.05. The highest BCUT2D eigenvalue weighted by molar-refractivity contribution is 7.93. The first-order valence-electron chi connectivity index (χ1n) is 9.06. The van der Waals surface area contributed by atoms with E-state index in [1.807, 2.05) is 0 Å². The molecule has 0 amide bonds. The molecule has 0 unspecified atom stereocenters. The fraction of sp³-hybridized carbons (Fsp3) is 0.0952. The highest BCUT2D eigenvalue weighted by Crippen LogP contribution is 2.30. The Morgan fingerprint density at radius 3 is 2.33 bits per heavy atom. The average molecular weight is 505 g/mol. The first-order chi connectivity index (χ1) is 15.5. The predicted octanol–water partition coefficient (Wildman–Crippen LogP) is 5.85. The van der Waals surface area contributed by atoms with E-state index in [1.165, 1.54) is 16.9 Å². The summed E-state index contributed by atoms with van der Waals surface area (Å²) in [6.07, 6.45) is 0. The molecule has 0 aromatic heterocycles. The normalized spacial score (nSPS) is 12.5. The number of oxime groups is 1. The summed E-state index contributed by atoms with van der Waals surface area (Å²) in [7, 11) is -5.75. The van der Waals surface area contributed by atoms with E-state index in [4.69, 9.17) is 16.4 Å². The summed E-state index contributed by atoms with van der Waals surface area (Å²) in [5.41, 5.74) is -5.93. The summed E-state index contributed by atoms with van der Waals surface area (Å²) in [4.78, 5) is 5.19. The maximum atomic E-state index is 13.9. The van der Waals surface area contributed by atoms with Gasteiger partial charge in [-0.05, 0) is 30.3 Å². The lowest BCUT2D eigenvalue weighted by molar-refractivity contribution is -0.0429. The minimum atomic E-state index is -5.75. The number of nitrogens with zero attached hydrogens (tertiary/aromatic N) is 1. The molecule has 33 heavy (non-hydrogen) atoms. The van der Waals surface area contributed by atoms with E-state index >= 15 is 0 Å². The van der Waals surface area contributed by atoms with Gasteiger partial charge in [-0.25, -0.2) is 8.78 Å². The molecule has 0 saturated carbocycles. The van der Waals surface area contributed by atoms with Crippen molar-refractivity contribution in [3.05, 3.63) is 100 Å². The van der Waals surface area contributed by atoms with Crippen molar-refractivity contribution < 1.29 is 35.2 Å². The van der Waals surface area contributed by atoms with Crippen molar-refractivity contribution in [2.75, 3.05) is 4.72 Å². The molecular weight excluding hydrogens is 491 g/mol. The van der Waals surface area contributed by atoms with Gasteiger partial charge in [0.2, 0.25) is 0 Å². The van der Waals surface area contributed by atoms with Crippen LogP contribution in [0.5, 0.6) is 0 Å². The molecule has 1 N–H and O–H groups in total. The predicted molar refractivity (Wildman–Crippen MR) is 113 cm³/mol. The molecule has 0 saturated heterocycles. The topological polar surface area (TPSA) is 67.8 Å². The monoisotopic (exact) mass is 504 g/mol. The summed E-state index contributed by atoms with van der Waals surface area (Å²) >= 11 is 5.99. The van der Waals surface area contributed by atoms with Crippen molar-refractivity contribution in [1.82, 2.24) is 0 Å². The van der Waals surface area contributed by atoms with Crippen LogP contribution in [0.1, 0.15) is 16.7 Å². The number of anilines is 1. The maximum Gasteiger partial charge on any atom is 0.516 e. The van der Waals surface area contributed by atoms with Crippen LogP contribution in [0.2, 0.25) is 5.02 Å². The van der Waals surface area contributed by atoms with Gasteiger partial charge in [-0.3, -0.25) is 4.72 Å². The third-order valence-corrected chi connectivity index (χ3v) is 5.56. The van der Waals surface area contributed by atoms with Crippen LogP contribution in [0, 0.1) is 11.6 Å². The molecule has 0 aliphatic rings. The van der Waals surface area contributed by atoms with Crippen LogP contribution in [-0.4, -0.2) is 19.6 Å². The number of nitrogens with one attached hydrogen (secondary N) is 1. The molecule has 0 heterocycles. The lowest BCUT2D eigenvalue weighted by Gasteiger charge is -2.16. The SMILES string of the molecule is O=S(=O)(Nc1ccc(Cl)cc1/C(=N/OCc1ccc(F)cc1F)c1ccccc1)C(F)(F)F. The molecule has 3 rings (SSSR count). The second-order valence-electron chi connectivity index (χ2n) is 6.56. The van der Waals surface area contributed by atoms with Crippen molar-refractivity contribution in [3.8, 4) is 0 Å². The molecule has 0 fully saturated rings. The van der Waals surface area contributed by atoms with Crippen molar-refractivity contribution in [2.45, 2.75) is 12.1 Å². The zero-order valence-corrected chi connectivity index (χ0v) is 18.0. The second-order valence-corrected chi connectivity index (χ2v) is 8.67. The number of sulfonamides is 1. The van der Waals surface area contributed by atoms with Crippen molar-refractivity contribution in [1.29, 1.82) is 0 Å². The van der Waals surface area contributed by atoms with Gasteiger partial charge >= 0.3 is 15.5 Å². The Hall–Kier alpha value is -3.18. The lowest BCUT2D eigenvalue weighted by Crippen LogP contribution is -2.30. The number of alkyl halides is 3. The number of halogens is 6. The van der Waals surface area contributed by atoms with Gasteiger partial charge in [0.05, 0.1) is 5.69 Å². The summed E-state index contributed by atoms with van der Waals surface area (Å²) < 4.78 is 90.5. The number of rotatable bonds is 7. The smallest absolute Gasteiger partial charge is 0.390 e. The Labute approximate surface area is 190 Å².